The molecule has 34 heavy (non-hydrogen) atoms. The molecule has 1 rings (SSSR count). The lowest BCUT2D eigenvalue weighted by atomic mass is 10.0. The molecule has 1 aromatic rings. The van der Waals surface area contributed by atoms with E-state index in [0.717, 1.165) is 6.92 Å². The predicted octanol–water partition coefficient (Wildman–Crippen LogP) is -1.17. The fourth-order valence-electron chi connectivity index (χ4n) is 2.24. The van der Waals surface area contributed by atoms with Gasteiger partial charge in [-0.1, -0.05) is 0 Å². The Balaban J connectivity index is 2.93. The van der Waals surface area contributed by atoms with Gasteiger partial charge in [0.05, 0.1) is 12.6 Å². The molecule has 0 aliphatic carbocycles. The van der Waals surface area contributed by atoms with Gasteiger partial charge in [0.1, 0.15) is 29.7 Å². The van der Waals surface area contributed by atoms with Crippen LogP contribution in [0.5, 0.6) is 0 Å². The van der Waals surface area contributed by atoms with Gasteiger partial charge in [-0.15, -0.1) is 0 Å². The lowest BCUT2D eigenvalue weighted by molar-refractivity contribution is -0.137. The lowest BCUT2D eigenvalue weighted by Crippen LogP contribution is -2.46. The van der Waals surface area contributed by atoms with Crippen LogP contribution in [0.3, 0.4) is 0 Å². The van der Waals surface area contributed by atoms with Gasteiger partial charge < -0.3 is 40.6 Å². The normalized spacial score (nSPS) is 20.1. The molecule has 0 amide bonds. The Morgan fingerprint density at radius 3 is 2.06 bits per heavy atom. The molecule has 0 fully saturated rings. The number of nitrogen functional groups attached to an aromatic ring is 1. The first-order chi connectivity index (χ1) is 15.1. The number of phosphoric acid groups is 3. The fraction of sp³-hybridized carbons (Fsp3) is 0.636. The SMILES string of the molecule is C[C@H](C(O)[C@@H](O)[C@H](O)COP(=O)(O)OP(=O)(O)OP(=O)(O)O)n1cc(C(F)(F)F)c(N)nc1=O. The number of nitrogens with two attached hydrogens (primary N) is 1. The summed E-state index contributed by atoms with van der Waals surface area (Å²) in [7, 11) is -17.2. The monoisotopic (exact) mass is 567 g/mol. The molecule has 3 unspecified atom stereocenters. The molecule has 0 saturated carbocycles. The Morgan fingerprint density at radius 2 is 1.59 bits per heavy atom. The van der Waals surface area contributed by atoms with Gasteiger partial charge in [0.2, 0.25) is 0 Å². The van der Waals surface area contributed by atoms with E-state index in [1.165, 1.54) is 0 Å². The zero-order chi connectivity index (χ0) is 26.9. The molecule has 6 atom stereocenters. The molecule has 0 aliphatic heterocycles. The summed E-state index contributed by atoms with van der Waals surface area (Å²) in [5.41, 5.74) is 2.14. The third-order valence-electron chi connectivity index (χ3n) is 3.79. The zero-order valence-electron chi connectivity index (χ0n) is 16.5. The smallest absolute Gasteiger partial charge is 0.388 e. The summed E-state index contributed by atoms with van der Waals surface area (Å²) in [6.45, 7) is -0.514. The van der Waals surface area contributed by atoms with Crippen molar-refractivity contribution in [3.63, 3.8) is 0 Å². The molecule has 0 bridgehead atoms. The zero-order valence-corrected chi connectivity index (χ0v) is 19.2. The molecule has 23 heteroatoms. The summed E-state index contributed by atoms with van der Waals surface area (Å²) in [5, 5.41) is 29.9. The Labute approximate surface area is 186 Å². The number of nitrogens with zero attached hydrogens (tertiary/aromatic N) is 2. The van der Waals surface area contributed by atoms with Crippen molar-refractivity contribution in [2.75, 3.05) is 12.3 Å². The van der Waals surface area contributed by atoms with E-state index in [1.54, 1.807) is 0 Å². The van der Waals surface area contributed by atoms with Crippen LogP contribution in [0.4, 0.5) is 19.0 Å². The van der Waals surface area contributed by atoms with Crippen LogP contribution in [0.25, 0.3) is 0 Å². The first-order valence-electron chi connectivity index (χ1n) is 8.35. The number of alkyl halides is 3. The third-order valence-corrected chi connectivity index (χ3v) is 7.59. The van der Waals surface area contributed by atoms with Crippen LogP contribution in [0.15, 0.2) is 11.0 Å². The van der Waals surface area contributed by atoms with Crippen molar-refractivity contribution in [3.05, 3.63) is 22.2 Å². The first kappa shape index (κ1) is 30.8. The standard InChI is InChI=1S/C11H19F3N3O14P3/c1-4(17-2-5(11(12,13)14)9(15)16-10(17)21)7(19)8(20)6(18)3-29-33(25,26)31-34(27,28)30-32(22,23)24/h2,4,6-8,18-20H,3H2,1H3,(H,25,26)(H,27,28)(H2,15,16,21)(H2,22,23,24)/t4-,6-,7?,8+/m1/s1. The Morgan fingerprint density at radius 1 is 1.06 bits per heavy atom. The molecule has 0 saturated heterocycles. The number of halogens is 3. The number of hydrogen-bond donors (Lipinski definition) is 8. The number of hydrogen-bond acceptors (Lipinski definition) is 12. The number of anilines is 1. The molecule has 9 N–H and O–H groups in total. The van der Waals surface area contributed by atoms with Crippen molar-refractivity contribution >= 4 is 29.3 Å². The third kappa shape index (κ3) is 9.09. The molecule has 1 heterocycles. The number of rotatable bonds is 11. The summed E-state index contributed by atoms with van der Waals surface area (Å²) in [5.74, 6) is -1.16. The average Bonchev–Trinajstić information content (AvgIpc) is 2.60. The van der Waals surface area contributed by atoms with E-state index >= 15 is 0 Å². The fourth-order valence-corrected chi connectivity index (χ4v) is 5.28. The van der Waals surface area contributed by atoms with Crippen LogP contribution < -0.4 is 11.4 Å². The van der Waals surface area contributed by atoms with Gasteiger partial charge >= 0.3 is 35.3 Å². The van der Waals surface area contributed by atoms with E-state index in [0.29, 0.717) is 0 Å². The second-order valence-electron chi connectivity index (χ2n) is 6.40. The lowest BCUT2D eigenvalue weighted by Gasteiger charge is -2.29. The van der Waals surface area contributed by atoms with Crippen LogP contribution in [0.2, 0.25) is 0 Å². The highest BCUT2D eigenvalue weighted by Gasteiger charge is 2.42. The van der Waals surface area contributed by atoms with Crippen LogP contribution in [0.1, 0.15) is 18.5 Å². The highest BCUT2D eigenvalue weighted by Crippen LogP contribution is 2.66. The maximum Gasteiger partial charge on any atom is 0.490 e. The van der Waals surface area contributed by atoms with Gasteiger partial charge in [0.15, 0.2) is 0 Å². The van der Waals surface area contributed by atoms with Crippen molar-refractivity contribution in [2.45, 2.75) is 37.5 Å². The summed E-state index contributed by atoms with van der Waals surface area (Å²) in [6.07, 6.45) is -11.8. The summed E-state index contributed by atoms with van der Waals surface area (Å²) < 4.78 is 83.4. The van der Waals surface area contributed by atoms with Crippen LogP contribution >= 0.6 is 23.5 Å². The van der Waals surface area contributed by atoms with Crippen molar-refractivity contribution in [3.8, 4) is 0 Å². The Kier molecular flexibility index (Phi) is 9.78. The predicted molar refractivity (Wildman–Crippen MR) is 100 cm³/mol. The second kappa shape index (κ2) is 10.8. The minimum Gasteiger partial charge on any atom is -0.388 e. The number of phosphoric ester groups is 1. The molecule has 0 aromatic carbocycles. The quantitative estimate of drug-likeness (QED) is 0.146. The minimum atomic E-state index is -5.86. The van der Waals surface area contributed by atoms with Crippen molar-refractivity contribution in [1.82, 2.24) is 9.55 Å². The van der Waals surface area contributed by atoms with Gasteiger partial charge in [-0.25, -0.2) is 18.5 Å². The van der Waals surface area contributed by atoms with Crippen LogP contribution in [-0.2, 0) is 33.0 Å². The van der Waals surface area contributed by atoms with E-state index in [2.05, 4.69) is 18.1 Å². The van der Waals surface area contributed by atoms with Crippen LogP contribution in [0, 0.1) is 0 Å². The van der Waals surface area contributed by atoms with E-state index in [9.17, 15) is 51.9 Å². The first-order valence-corrected chi connectivity index (χ1v) is 12.9. The Hall–Kier alpha value is -1.24. The molecular formula is C11H19F3N3O14P3. The highest BCUT2D eigenvalue weighted by molar-refractivity contribution is 7.66. The van der Waals surface area contributed by atoms with E-state index in [-0.39, 0.29) is 10.8 Å². The van der Waals surface area contributed by atoms with E-state index in [4.69, 9.17) is 20.4 Å². The second-order valence-corrected chi connectivity index (χ2v) is 10.8. The highest BCUT2D eigenvalue weighted by atomic mass is 31.3. The van der Waals surface area contributed by atoms with E-state index in [1.807, 2.05) is 0 Å². The Bertz CT molecular complexity index is 1080. The number of aliphatic hydroxyl groups excluding tert-OH is 3. The minimum absolute atomic E-state index is 0.198. The van der Waals surface area contributed by atoms with Gasteiger partial charge in [-0.3, -0.25) is 9.09 Å². The van der Waals surface area contributed by atoms with Crippen molar-refractivity contribution in [1.29, 1.82) is 0 Å². The van der Waals surface area contributed by atoms with Gasteiger partial charge in [0.25, 0.3) is 0 Å². The van der Waals surface area contributed by atoms with Crippen LogP contribution in [-0.4, -0.2) is 69.4 Å². The molecule has 0 aliphatic rings. The molecule has 0 spiro atoms. The van der Waals surface area contributed by atoms with Gasteiger partial charge in [-0.05, 0) is 6.92 Å². The topological polar surface area (TPSA) is 281 Å². The summed E-state index contributed by atoms with van der Waals surface area (Å²) in [6, 6.07) is -1.70. The molecule has 198 valence electrons. The molecule has 0 radical (unpaired) electrons. The van der Waals surface area contributed by atoms with E-state index < -0.39 is 77.7 Å². The number of aromatic nitrogens is 2. The largest absolute Gasteiger partial charge is 0.490 e. The summed E-state index contributed by atoms with van der Waals surface area (Å²) in [4.78, 5) is 49.9. The molecular weight excluding hydrogens is 548 g/mol. The molecule has 1 aromatic heterocycles. The van der Waals surface area contributed by atoms with Gasteiger partial charge in [-0.2, -0.15) is 26.8 Å². The summed E-state index contributed by atoms with van der Waals surface area (Å²) >= 11 is 0. The maximum absolute atomic E-state index is 13.0. The van der Waals surface area contributed by atoms with Crippen molar-refractivity contribution < 1.29 is 74.9 Å². The van der Waals surface area contributed by atoms with Crippen molar-refractivity contribution in [2.24, 2.45) is 0 Å². The average molecular weight is 567 g/mol. The maximum atomic E-state index is 13.0. The number of aliphatic hydroxyl groups is 3. The van der Waals surface area contributed by atoms with Gasteiger partial charge in [0, 0.05) is 6.20 Å². The molecule has 17 nitrogen and oxygen atoms in total.